The van der Waals surface area contributed by atoms with Crippen LogP contribution in [0.4, 0.5) is 5.69 Å². The van der Waals surface area contributed by atoms with E-state index < -0.39 is 12.0 Å². The third kappa shape index (κ3) is 6.13. The molecule has 200 valence electrons. The predicted molar refractivity (Wildman–Crippen MR) is 154 cm³/mol. The number of ether oxygens (including phenoxy) is 2. The molecule has 1 atom stereocenters. The highest BCUT2D eigenvalue weighted by Crippen LogP contribution is 2.33. The number of aliphatic hydroxyl groups is 1. The number of para-hydroxylation sites is 1. The van der Waals surface area contributed by atoms with Crippen molar-refractivity contribution in [2.24, 2.45) is 11.7 Å². The molecule has 39 heavy (non-hydrogen) atoms. The van der Waals surface area contributed by atoms with Gasteiger partial charge in [-0.05, 0) is 54.4 Å². The first-order valence-corrected chi connectivity index (χ1v) is 13.0. The lowest BCUT2D eigenvalue weighted by atomic mass is 10.1. The molecular formula is C31H32N4O4. The van der Waals surface area contributed by atoms with Crippen molar-refractivity contribution in [1.29, 1.82) is 0 Å². The number of H-pyrrole nitrogens is 1. The molecule has 8 heteroatoms. The first-order chi connectivity index (χ1) is 18.9. The van der Waals surface area contributed by atoms with Crippen molar-refractivity contribution in [3.8, 4) is 17.4 Å². The van der Waals surface area contributed by atoms with Crippen LogP contribution in [0.25, 0.3) is 21.8 Å². The van der Waals surface area contributed by atoms with Crippen LogP contribution in [0.15, 0.2) is 85.1 Å². The first-order valence-electron chi connectivity index (χ1n) is 13.0. The van der Waals surface area contributed by atoms with E-state index in [-0.39, 0.29) is 6.61 Å². The molecule has 0 spiro atoms. The van der Waals surface area contributed by atoms with E-state index in [0.29, 0.717) is 29.7 Å². The summed E-state index contributed by atoms with van der Waals surface area (Å²) in [5.74, 6) is 1.58. The van der Waals surface area contributed by atoms with E-state index in [1.54, 1.807) is 12.1 Å². The highest BCUT2D eigenvalue weighted by molar-refractivity contribution is 6.10. The monoisotopic (exact) mass is 524 g/mol. The number of hydrogen-bond acceptors (Lipinski definition) is 6. The number of anilines is 1. The fourth-order valence-corrected chi connectivity index (χ4v) is 4.64. The number of pyridine rings is 1. The molecule has 2 heterocycles. The molecule has 0 saturated carbocycles. The quantitative estimate of drug-likeness (QED) is 0.210. The summed E-state index contributed by atoms with van der Waals surface area (Å²) in [6.07, 6.45) is 0.687. The van der Waals surface area contributed by atoms with Crippen molar-refractivity contribution in [2.45, 2.75) is 20.0 Å². The topological polar surface area (TPSA) is 114 Å². The summed E-state index contributed by atoms with van der Waals surface area (Å²) in [6, 6.07) is 24.9. The van der Waals surface area contributed by atoms with Crippen LogP contribution in [0.2, 0.25) is 0 Å². The van der Waals surface area contributed by atoms with Crippen LogP contribution in [0.1, 0.15) is 24.2 Å². The van der Waals surface area contributed by atoms with Crippen LogP contribution in [-0.2, 0) is 0 Å². The summed E-state index contributed by atoms with van der Waals surface area (Å²) in [5.41, 5.74) is 8.61. The van der Waals surface area contributed by atoms with Crippen LogP contribution in [0, 0.1) is 5.92 Å². The number of nitrogens with zero attached hydrogens (tertiary/aromatic N) is 2. The van der Waals surface area contributed by atoms with Crippen molar-refractivity contribution in [3.63, 3.8) is 0 Å². The Labute approximate surface area is 227 Å². The Morgan fingerprint density at radius 2 is 1.74 bits per heavy atom. The molecule has 0 aliphatic rings. The number of primary amides is 1. The van der Waals surface area contributed by atoms with E-state index in [0.717, 1.165) is 39.8 Å². The third-order valence-corrected chi connectivity index (χ3v) is 6.39. The van der Waals surface area contributed by atoms with Gasteiger partial charge in [0.15, 0.2) is 0 Å². The van der Waals surface area contributed by atoms with Crippen LogP contribution >= 0.6 is 0 Å². The maximum atomic E-state index is 11.2. The van der Waals surface area contributed by atoms with Gasteiger partial charge in [-0.3, -0.25) is 4.79 Å². The second-order valence-corrected chi connectivity index (χ2v) is 9.96. The van der Waals surface area contributed by atoms with E-state index in [1.165, 1.54) is 6.20 Å². The molecule has 1 amide bonds. The van der Waals surface area contributed by atoms with Gasteiger partial charge in [-0.15, -0.1) is 0 Å². The Bertz CT molecular complexity index is 1560. The minimum atomic E-state index is -0.701. The summed E-state index contributed by atoms with van der Waals surface area (Å²) in [6.45, 7) is 5.64. The number of benzene rings is 3. The fourth-order valence-electron chi connectivity index (χ4n) is 4.64. The fraction of sp³-hybridized carbons (Fsp3) is 0.226. The molecule has 0 saturated heterocycles. The first kappa shape index (κ1) is 26.1. The molecule has 3 aromatic carbocycles. The average Bonchev–Trinajstić information content (AvgIpc) is 3.31. The van der Waals surface area contributed by atoms with Crippen molar-refractivity contribution < 1.29 is 19.4 Å². The van der Waals surface area contributed by atoms with Gasteiger partial charge >= 0.3 is 0 Å². The molecule has 2 aromatic heterocycles. The normalized spacial score (nSPS) is 12.1. The zero-order valence-corrected chi connectivity index (χ0v) is 22.0. The second-order valence-electron chi connectivity index (χ2n) is 9.96. The molecule has 5 rings (SSSR count). The average molecular weight is 525 g/mol. The second kappa shape index (κ2) is 11.4. The zero-order valence-electron chi connectivity index (χ0n) is 22.0. The van der Waals surface area contributed by atoms with Gasteiger partial charge in [-0.1, -0.05) is 38.1 Å². The maximum Gasteiger partial charge on any atom is 0.250 e. The molecule has 4 N–H and O–H groups in total. The molecule has 8 nitrogen and oxygen atoms in total. The Kier molecular flexibility index (Phi) is 7.65. The SMILES string of the molecule is CC(C)CN(CC(O)COc1cccc2[nH]c3ccccc3c12)c1ccc(Oc2ccc(C(N)=O)cn2)cc1. The molecule has 0 radical (unpaired) electrons. The van der Waals surface area contributed by atoms with E-state index in [1.807, 2.05) is 60.7 Å². The van der Waals surface area contributed by atoms with Gasteiger partial charge in [0, 0.05) is 47.3 Å². The highest BCUT2D eigenvalue weighted by atomic mass is 16.5. The van der Waals surface area contributed by atoms with Gasteiger partial charge in [0.2, 0.25) is 11.8 Å². The lowest BCUT2D eigenvalue weighted by molar-refractivity contribution is 0.1000. The summed E-state index contributed by atoms with van der Waals surface area (Å²) in [5, 5.41) is 13.1. The highest BCUT2D eigenvalue weighted by Gasteiger charge is 2.17. The number of aliphatic hydroxyl groups excluding tert-OH is 1. The van der Waals surface area contributed by atoms with E-state index in [2.05, 4.69) is 34.8 Å². The molecule has 0 aliphatic heterocycles. The Morgan fingerprint density at radius 1 is 0.974 bits per heavy atom. The molecule has 0 bridgehead atoms. The number of aromatic amines is 1. The summed E-state index contributed by atoms with van der Waals surface area (Å²) in [4.78, 5) is 20.9. The lowest BCUT2D eigenvalue weighted by Crippen LogP contribution is -2.37. The van der Waals surface area contributed by atoms with Gasteiger partial charge in [0.25, 0.3) is 0 Å². The van der Waals surface area contributed by atoms with Crippen molar-refractivity contribution in [2.75, 3.05) is 24.6 Å². The Hall–Kier alpha value is -4.56. The van der Waals surface area contributed by atoms with Crippen LogP contribution in [-0.4, -0.2) is 46.8 Å². The van der Waals surface area contributed by atoms with Gasteiger partial charge in [-0.2, -0.15) is 0 Å². The van der Waals surface area contributed by atoms with E-state index in [4.69, 9.17) is 15.2 Å². The van der Waals surface area contributed by atoms with Crippen molar-refractivity contribution in [3.05, 3.63) is 90.6 Å². The number of rotatable bonds is 11. The van der Waals surface area contributed by atoms with Gasteiger partial charge in [0.05, 0.1) is 11.1 Å². The minimum Gasteiger partial charge on any atom is -0.490 e. The minimum absolute atomic E-state index is 0.168. The lowest BCUT2D eigenvalue weighted by Gasteiger charge is -2.29. The van der Waals surface area contributed by atoms with Crippen LogP contribution in [0.5, 0.6) is 17.4 Å². The summed E-state index contributed by atoms with van der Waals surface area (Å²) < 4.78 is 11.9. The molecular weight excluding hydrogens is 492 g/mol. The Balaban J connectivity index is 1.25. The van der Waals surface area contributed by atoms with E-state index in [9.17, 15) is 9.90 Å². The summed E-state index contributed by atoms with van der Waals surface area (Å²) in [7, 11) is 0. The summed E-state index contributed by atoms with van der Waals surface area (Å²) >= 11 is 0. The number of nitrogens with one attached hydrogen (secondary N) is 1. The zero-order chi connectivity index (χ0) is 27.4. The molecule has 0 aliphatic carbocycles. The largest absolute Gasteiger partial charge is 0.490 e. The smallest absolute Gasteiger partial charge is 0.250 e. The van der Waals surface area contributed by atoms with E-state index >= 15 is 0 Å². The number of aromatic nitrogens is 2. The maximum absolute atomic E-state index is 11.2. The number of hydrogen-bond donors (Lipinski definition) is 3. The number of amides is 1. The number of carbonyl (C=O) groups excluding carboxylic acids is 1. The molecule has 0 fully saturated rings. The molecule has 5 aromatic rings. The molecule has 1 unspecified atom stereocenters. The van der Waals surface area contributed by atoms with Gasteiger partial charge in [-0.25, -0.2) is 4.98 Å². The predicted octanol–water partition coefficient (Wildman–Crippen LogP) is 5.51. The van der Waals surface area contributed by atoms with Crippen LogP contribution < -0.4 is 20.1 Å². The van der Waals surface area contributed by atoms with Crippen molar-refractivity contribution >= 4 is 33.4 Å². The third-order valence-electron chi connectivity index (χ3n) is 6.39. The standard InChI is InChI=1S/C31H32N4O4/c1-20(2)17-35(22-11-13-24(14-12-22)39-29-15-10-21(16-33-29)31(32)37)18-23(36)19-38-28-9-5-8-27-30(28)25-6-3-4-7-26(25)34-27/h3-16,20,23,34,36H,17-19H2,1-2H3,(H2,32,37). The van der Waals surface area contributed by atoms with Crippen LogP contribution in [0.3, 0.4) is 0 Å². The van der Waals surface area contributed by atoms with Gasteiger partial charge < -0.3 is 30.2 Å². The number of fused-ring (bicyclic) bond motifs is 3. The number of nitrogens with two attached hydrogens (primary N) is 1. The van der Waals surface area contributed by atoms with Gasteiger partial charge in [0.1, 0.15) is 24.2 Å². The number of carbonyl (C=O) groups is 1. The van der Waals surface area contributed by atoms with Crippen molar-refractivity contribution in [1.82, 2.24) is 9.97 Å². The Morgan fingerprint density at radius 3 is 2.46 bits per heavy atom.